The molecule has 0 N–H and O–H groups in total. The van der Waals surface area contributed by atoms with Crippen LogP contribution in [0.15, 0.2) is 34.8 Å². The van der Waals surface area contributed by atoms with E-state index in [2.05, 4.69) is 83.0 Å². The average Bonchev–Trinajstić information content (AvgIpc) is 2.68. The summed E-state index contributed by atoms with van der Waals surface area (Å²) < 4.78 is 1.76. The molecule has 2 aromatic rings. The van der Waals surface area contributed by atoms with Gasteiger partial charge in [0.1, 0.15) is 4.34 Å². The van der Waals surface area contributed by atoms with Crippen LogP contribution in [0, 0.1) is 0 Å². The van der Waals surface area contributed by atoms with Gasteiger partial charge in [0.25, 0.3) is 0 Å². The zero-order valence-electron chi connectivity index (χ0n) is 11.0. The number of benzene rings is 1. The van der Waals surface area contributed by atoms with E-state index in [-0.39, 0.29) is 10.2 Å². The second-order valence-electron chi connectivity index (χ2n) is 5.47. The molecule has 19 heavy (non-hydrogen) atoms. The largest absolute Gasteiger partial charge is 0.126 e. The van der Waals surface area contributed by atoms with E-state index in [0.717, 1.165) is 8.81 Å². The van der Waals surface area contributed by atoms with Crippen molar-refractivity contribution in [3.63, 3.8) is 0 Å². The summed E-state index contributed by atoms with van der Waals surface area (Å²) in [6.07, 6.45) is 0. The van der Waals surface area contributed by atoms with Crippen molar-refractivity contribution >= 4 is 54.8 Å². The number of rotatable bonds is 2. The molecular formula is C15H15Br2ClS. The maximum atomic E-state index is 6.14. The number of thiophene rings is 1. The summed E-state index contributed by atoms with van der Waals surface area (Å²) in [7, 11) is 0. The summed E-state index contributed by atoms with van der Waals surface area (Å²) in [5, 5.41) is 0. The third-order valence-corrected chi connectivity index (χ3v) is 6.78. The minimum Gasteiger partial charge on any atom is -0.126 e. The fraction of sp³-hybridized carbons (Fsp3) is 0.333. The average molecular weight is 423 g/mol. The molecule has 1 aromatic heterocycles. The van der Waals surface area contributed by atoms with Gasteiger partial charge >= 0.3 is 0 Å². The van der Waals surface area contributed by atoms with Gasteiger partial charge in [-0.15, -0.1) is 11.3 Å². The van der Waals surface area contributed by atoms with Crippen molar-refractivity contribution in [3.05, 3.63) is 55.1 Å². The predicted octanol–water partition coefficient (Wildman–Crippen LogP) is 6.95. The van der Waals surface area contributed by atoms with Crippen LogP contribution in [-0.4, -0.2) is 0 Å². The fourth-order valence-corrected chi connectivity index (χ4v) is 4.59. The van der Waals surface area contributed by atoms with Crippen molar-refractivity contribution in [2.45, 2.75) is 31.0 Å². The fourth-order valence-electron chi connectivity index (χ4n) is 2.04. The zero-order valence-corrected chi connectivity index (χ0v) is 15.8. The number of halogens is 3. The molecule has 0 bridgehead atoms. The lowest BCUT2D eigenvalue weighted by molar-refractivity contribution is 0.584. The Balaban J connectivity index is 2.47. The van der Waals surface area contributed by atoms with Gasteiger partial charge in [-0.3, -0.25) is 0 Å². The molecule has 4 heteroatoms. The van der Waals surface area contributed by atoms with Crippen LogP contribution >= 0.6 is 54.8 Å². The monoisotopic (exact) mass is 420 g/mol. The molecule has 2 rings (SSSR count). The van der Waals surface area contributed by atoms with Crippen molar-refractivity contribution in [2.24, 2.45) is 0 Å². The summed E-state index contributed by atoms with van der Waals surface area (Å²) in [6, 6.07) is 10.7. The highest BCUT2D eigenvalue weighted by atomic mass is 79.9. The van der Waals surface area contributed by atoms with Gasteiger partial charge in [0, 0.05) is 9.35 Å². The molecule has 102 valence electrons. The lowest BCUT2D eigenvalue weighted by atomic mass is 9.83. The maximum Gasteiger partial charge on any atom is 0.107 e. The molecule has 0 saturated carbocycles. The number of alkyl halides is 1. The molecule has 0 spiro atoms. The van der Waals surface area contributed by atoms with Crippen LogP contribution in [0.25, 0.3) is 0 Å². The highest BCUT2D eigenvalue weighted by Gasteiger charge is 2.23. The molecule has 1 unspecified atom stereocenters. The van der Waals surface area contributed by atoms with E-state index in [1.54, 1.807) is 11.3 Å². The molecule has 0 saturated heterocycles. The van der Waals surface area contributed by atoms with E-state index < -0.39 is 0 Å². The van der Waals surface area contributed by atoms with Crippen molar-refractivity contribution in [1.29, 1.82) is 0 Å². The maximum absolute atomic E-state index is 6.14. The first-order chi connectivity index (χ1) is 8.80. The third kappa shape index (κ3) is 3.44. The Bertz CT molecular complexity index is 565. The van der Waals surface area contributed by atoms with Crippen molar-refractivity contribution in [3.8, 4) is 0 Å². The van der Waals surface area contributed by atoms with E-state index in [9.17, 15) is 0 Å². The molecule has 0 amide bonds. The Morgan fingerprint density at radius 1 is 1.21 bits per heavy atom. The Morgan fingerprint density at radius 3 is 2.37 bits per heavy atom. The number of hydrogen-bond donors (Lipinski definition) is 0. The van der Waals surface area contributed by atoms with Crippen molar-refractivity contribution in [1.82, 2.24) is 0 Å². The highest BCUT2D eigenvalue weighted by Crippen LogP contribution is 2.43. The summed E-state index contributed by atoms with van der Waals surface area (Å²) in [6.45, 7) is 6.72. The topological polar surface area (TPSA) is 0 Å². The number of hydrogen-bond acceptors (Lipinski definition) is 1. The Hall–Kier alpha value is 0.170. The van der Waals surface area contributed by atoms with E-state index in [1.807, 2.05) is 0 Å². The smallest absolute Gasteiger partial charge is 0.107 e. The molecule has 0 aliphatic heterocycles. The first kappa shape index (κ1) is 15.6. The van der Waals surface area contributed by atoms with Crippen LogP contribution < -0.4 is 0 Å². The van der Waals surface area contributed by atoms with E-state index in [0.29, 0.717) is 0 Å². The van der Waals surface area contributed by atoms with Crippen LogP contribution in [0.3, 0.4) is 0 Å². The van der Waals surface area contributed by atoms with Crippen molar-refractivity contribution < 1.29 is 0 Å². The molecule has 0 aliphatic rings. The van der Waals surface area contributed by atoms with Gasteiger partial charge in [0.2, 0.25) is 0 Å². The molecular weight excluding hydrogens is 407 g/mol. The van der Waals surface area contributed by atoms with Crippen LogP contribution in [0.5, 0.6) is 0 Å². The van der Waals surface area contributed by atoms with E-state index in [4.69, 9.17) is 11.6 Å². The summed E-state index contributed by atoms with van der Waals surface area (Å²) >= 11 is 15.0. The summed E-state index contributed by atoms with van der Waals surface area (Å²) in [5.74, 6) is 0. The molecule has 0 radical (unpaired) electrons. The minimum atomic E-state index is 0.126. The lowest BCUT2D eigenvalue weighted by Gasteiger charge is -2.24. The zero-order chi connectivity index (χ0) is 14.2. The molecule has 0 fully saturated rings. The van der Waals surface area contributed by atoms with Crippen LogP contribution in [-0.2, 0) is 5.41 Å². The van der Waals surface area contributed by atoms with Crippen LogP contribution in [0.2, 0.25) is 4.34 Å². The molecule has 0 aliphatic carbocycles. The van der Waals surface area contributed by atoms with E-state index in [1.165, 1.54) is 16.0 Å². The van der Waals surface area contributed by atoms with Gasteiger partial charge in [0.05, 0.1) is 4.83 Å². The second-order valence-corrected chi connectivity index (χ2v) is 8.93. The lowest BCUT2D eigenvalue weighted by Crippen LogP contribution is -2.14. The molecule has 0 nitrogen and oxygen atoms in total. The van der Waals surface area contributed by atoms with Gasteiger partial charge in [-0.2, -0.15) is 0 Å². The predicted molar refractivity (Wildman–Crippen MR) is 92.9 cm³/mol. The standard InChI is InChI=1S/C15H15Br2ClS/c1-15(2,3)10-7-5-4-6-9(10)13(17)12-8-11(16)14(18)19-12/h4-8,13H,1-3H3. The van der Waals surface area contributed by atoms with Gasteiger partial charge in [-0.05, 0) is 38.5 Å². The Kier molecular flexibility index (Phi) is 4.82. The van der Waals surface area contributed by atoms with Gasteiger partial charge in [0.15, 0.2) is 0 Å². The third-order valence-electron chi connectivity index (χ3n) is 2.96. The first-order valence-corrected chi connectivity index (χ1v) is 8.89. The Morgan fingerprint density at radius 2 is 1.84 bits per heavy atom. The van der Waals surface area contributed by atoms with E-state index >= 15 is 0 Å². The van der Waals surface area contributed by atoms with Crippen LogP contribution in [0.4, 0.5) is 0 Å². The molecule has 1 atom stereocenters. The second kappa shape index (κ2) is 5.88. The van der Waals surface area contributed by atoms with Crippen LogP contribution in [0.1, 0.15) is 41.6 Å². The normalized spacial score (nSPS) is 13.6. The summed E-state index contributed by atoms with van der Waals surface area (Å²) in [5.41, 5.74) is 2.79. The Labute approximate surface area is 140 Å². The highest BCUT2D eigenvalue weighted by molar-refractivity contribution is 9.10. The molecule has 1 aromatic carbocycles. The quantitative estimate of drug-likeness (QED) is 0.460. The summed E-state index contributed by atoms with van der Waals surface area (Å²) in [4.78, 5) is 1.39. The van der Waals surface area contributed by atoms with Crippen molar-refractivity contribution in [2.75, 3.05) is 0 Å². The SMILES string of the molecule is CC(C)(C)c1ccccc1C(Br)c1cc(Br)c(Cl)s1. The van der Waals surface area contributed by atoms with Gasteiger partial charge < -0.3 is 0 Å². The van der Waals surface area contributed by atoms with Gasteiger partial charge in [-0.25, -0.2) is 0 Å². The minimum absolute atomic E-state index is 0.126. The first-order valence-electron chi connectivity index (χ1n) is 5.99. The molecule has 1 heterocycles. The van der Waals surface area contributed by atoms with Gasteiger partial charge in [-0.1, -0.05) is 72.6 Å².